The summed E-state index contributed by atoms with van der Waals surface area (Å²) in [4.78, 5) is 26.5. The zero-order chi connectivity index (χ0) is 17.2. The molecule has 24 heavy (non-hydrogen) atoms. The van der Waals surface area contributed by atoms with Crippen LogP contribution in [0.5, 0.6) is 0 Å². The van der Waals surface area contributed by atoms with Crippen molar-refractivity contribution in [3.63, 3.8) is 0 Å². The third-order valence-electron chi connectivity index (χ3n) is 6.49. The van der Waals surface area contributed by atoms with Crippen LogP contribution in [0.4, 0.5) is 0 Å². The van der Waals surface area contributed by atoms with Crippen LogP contribution in [0, 0.1) is 29.6 Å². The van der Waals surface area contributed by atoms with Gasteiger partial charge in [-0.3, -0.25) is 9.59 Å². The summed E-state index contributed by atoms with van der Waals surface area (Å²) in [5.74, 6) is -0.893. The van der Waals surface area contributed by atoms with E-state index in [0.29, 0.717) is 30.8 Å². The number of carbonyl (C=O) groups excluding carboxylic acids is 1. The van der Waals surface area contributed by atoms with Gasteiger partial charge in [-0.2, -0.15) is 0 Å². The molecular formula is C19H25NO4. The second-order valence-electron chi connectivity index (χ2n) is 8.17. The Balaban J connectivity index is 1.56. The molecule has 4 aliphatic rings. The van der Waals surface area contributed by atoms with E-state index >= 15 is 0 Å². The number of carboxylic acid groups (broad SMARTS) is 1. The largest absolute Gasteiger partial charge is 0.481 e. The highest BCUT2D eigenvalue weighted by atomic mass is 16.5. The topological polar surface area (TPSA) is 66.8 Å². The molecule has 1 aliphatic carbocycles. The van der Waals surface area contributed by atoms with Gasteiger partial charge < -0.3 is 14.7 Å². The highest BCUT2D eigenvalue weighted by molar-refractivity contribution is 5.90. The van der Waals surface area contributed by atoms with Crippen LogP contribution in [-0.2, 0) is 14.3 Å². The number of aliphatic carboxylic acids is 1. The second-order valence-corrected chi connectivity index (χ2v) is 8.17. The molecule has 0 aromatic carbocycles. The van der Waals surface area contributed by atoms with Crippen LogP contribution < -0.4 is 0 Å². The van der Waals surface area contributed by atoms with Gasteiger partial charge >= 0.3 is 5.97 Å². The Hall–Kier alpha value is -1.62. The molecule has 0 saturated carbocycles. The van der Waals surface area contributed by atoms with Crippen molar-refractivity contribution in [2.75, 3.05) is 13.1 Å². The smallest absolute Gasteiger partial charge is 0.310 e. The molecular weight excluding hydrogens is 306 g/mol. The molecule has 2 bridgehead atoms. The quantitative estimate of drug-likeness (QED) is 0.804. The number of nitrogens with zero attached hydrogens (tertiary/aromatic N) is 1. The third-order valence-corrected chi connectivity index (χ3v) is 6.49. The van der Waals surface area contributed by atoms with Crippen LogP contribution in [0.15, 0.2) is 23.8 Å². The average molecular weight is 331 g/mol. The van der Waals surface area contributed by atoms with E-state index in [4.69, 9.17) is 4.74 Å². The molecule has 1 amide bonds. The summed E-state index contributed by atoms with van der Waals surface area (Å²) < 4.78 is 5.95. The summed E-state index contributed by atoms with van der Waals surface area (Å²) in [5.41, 5.74) is 0.711. The lowest BCUT2D eigenvalue weighted by atomic mass is 9.75. The third kappa shape index (κ3) is 2.10. The number of rotatable bonds is 3. The van der Waals surface area contributed by atoms with E-state index in [9.17, 15) is 14.7 Å². The van der Waals surface area contributed by atoms with Crippen molar-refractivity contribution in [3.8, 4) is 0 Å². The zero-order valence-electron chi connectivity index (χ0n) is 14.4. The van der Waals surface area contributed by atoms with E-state index in [-0.39, 0.29) is 5.91 Å². The van der Waals surface area contributed by atoms with Crippen molar-refractivity contribution in [1.29, 1.82) is 0 Å². The number of allylic oxidation sites excluding steroid dienone is 2. The maximum atomic E-state index is 13.0. The van der Waals surface area contributed by atoms with Gasteiger partial charge in [0.05, 0.1) is 18.6 Å². The van der Waals surface area contributed by atoms with E-state index in [1.54, 1.807) is 0 Å². The van der Waals surface area contributed by atoms with Gasteiger partial charge in [-0.05, 0) is 31.1 Å². The lowest BCUT2D eigenvalue weighted by molar-refractivity contribution is -0.148. The molecule has 0 radical (unpaired) electrons. The van der Waals surface area contributed by atoms with Crippen LogP contribution in [0.3, 0.4) is 0 Å². The molecule has 1 spiro atoms. The fourth-order valence-corrected chi connectivity index (χ4v) is 5.43. The number of likely N-dealkylation sites (tertiary alicyclic amines) is 1. The highest BCUT2D eigenvalue weighted by Gasteiger charge is 2.67. The Bertz CT molecular complexity index is 654. The van der Waals surface area contributed by atoms with E-state index < -0.39 is 29.5 Å². The molecule has 0 unspecified atom stereocenters. The van der Waals surface area contributed by atoms with Crippen LogP contribution in [0.25, 0.3) is 0 Å². The molecule has 2 fully saturated rings. The minimum atomic E-state index is -0.926. The molecule has 5 heteroatoms. The van der Waals surface area contributed by atoms with Gasteiger partial charge in [-0.25, -0.2) is 0 Å². The van der Waals surface area contributed by atoms with Gasteiger partial charge in [-0.15, -0.1) is 0 Å². The number of ether oxygens (including phenoxy) is 1. The van der Waals surface area contributed by atoms with Crippen LogP contribution in [-0.4, -0.2) is 46.7 Å². The first kappa shape index (κ1) is 15.9. The average Bonchev–Trinajstić information content (AvgIpc) is 3.11. The molecule has 3 heterocycles. The molecule has 2 saturated heterocycles. The molecule has 0 aromatic rings. The van der Waals surface area contributed by atoms with Gasteiger partial charge in [0.2, 0.25) is 5.91 Å². The van der Waals surface area contributed by atoms with Crippen molar-refractivity contribution in [2.24, 2.45) is 29.6 Å². The second kappa shape index (κ2) is 5.19. The Morgan fingerprint density at radius 3 is 2.88 bits per heavy atom. The van der Waals surface area contributed by atoms with E-state index in [1.165, 1.54) is 5.57 Å². The zero-order valence-corrected chi connectivity index (χ0v) is 14.4. The predicted molar refractivity (Wildman–Crippen MR) is 88.1 cm³/mol. The molecule has 3 aliphatic heterocycles. The number of carboxylic acids is 1. The first-order valence-electron chi connectivity index (χ1n) is 8.88. The predicted octanol–water partition coefficient (Wildman–Crippen LogP) is 2.09. The van der Waals surface area contributed by atoms with Crippen molar-refractivity contribution < 1.29 is 19.4 Å². The summed E-state index contributed by atoms with van der Waals surface area (Å²) in [6.07, 6.45) is 6.69. The lowest BCUT2D eigenvalue weighted by Crippen LogP contribution is -2.41. The number of hydrogen-bond acceptors (Lipinski definition) is 3. The maximum Gasteiger partial charge on any atom is 0.310 e. The Labute approximate surface area is 142 Å². The normalized spacial score (nSPS) is 46.4. The summed E-state index contributed by atoms with van der Waals surface area (Å²) in [6.45, 7) is 7.82. The molecule has 7 atom stereocenters. The number of hydrogen-bond donors (Lipinski definition) is 1. The maximum absolute atomic E-state index is 13.0. The molecule has 130 valence electrons. The number of fused-ring (bicyclic) bond motifs is 1. The van der Waals surface area contributed by atoms with Crippen molar-refractivity contribution in [3.05, 3.63) is 23.8 Å². The molecule has 1 N–H and O–H groups in total. The van der Waals surface area contributed by atoms with Crippen molar-refractivity contribution >= 4 is 11.9 Å². The SMILES string of the molecule is CC1=C[C@H](C)[C@H](CN2C[C@]34C=C[C@H](O3)[C@H](C(=O)O)[C@H]4C2=O)[C@@H](C)C1. The van der Waals surface area contributed by atoms with E-state index in [1.807, 2.05) is 17.1 Å². The minimum absolute atomic E-state index is 0.0417. The van der Waals surface area contributed by atoms with Gasteiger partial charge in [0, 0.05) is 6.54 Å². The summed E-state index contributed by atoms with van der Waals surface area (Å²) in [5, 5.41) is 9.53. The monoisotopic (exact) mass is 331 g/mol. The molecule has 5 nitrogen and oxygen atoms in total. The lowest BCUT2D eigenvalue weighted by Gasteiger charge is -2.36. The van der Waals surface area contributed by atoms with E-state index in [2.05, 4.69) is 26.8 Å². The van der Waals surface area contributed by atoms with Gasteiger partial charge in [-0.1, -0.05) is 37.6 Å². The fraction of sp³-hybridized carbons (Fsp3) is 0.684. The Kier molecular flexibility index (Phi) is 3.43. The van der Waals surface area contributed by atoms with Crippen LogP contribution >= 0.6 is 0 Å². The fourth-order valence-electron chi connectivity index (χ4n) is 5.43. The van der Waals surface area contributed by atoms with Gasteiger partial charge in [0.1, 0.15) is 11.5 Å². The molecule has 0 aromatic heterocycles. The summed E-state index contributed by atoms with van der Waals surface area (Å²) in [6, 6.07) is 0. The Morgan fingerprint density at radius 1 is 1.46 bits per heavy atom. The first-order valence-corrected chi connectivity index (χ1v) is 8.88. The van der Waals surface area contributed by atoms with Gasteiger partial charge in [0.25, 0.3) is 0 Å². The van der Waals surface area contributed by atoms with Crippen LogP contribution in [0.1, 0.15) is 27.2 Å². The number of amides is 1. The van der Waals surface area contributed by atoms with Crippen LogP contribution in [0.2, 0.25) is 0 Å². The summed E-state index contributed by atoms with van der Waals surface area (Å²) >= 11 is 0. The van der Waals surface area contributed by atoms with Crippen molar-refractivity contribution in [2.45, 2.75) is 38.9 Å². The number of carbonyl (C=O) groups is 2. The standard InChI is InChI=1S/C19H25NO4/c1-10-6-11(2)13(12(3)7-10)8-20-9-19-5-4-14(24-19)15(18(22)23)16(19)17(20)21/h4-6,11-16H,7-9H2,1-3H3,(H,22,23)/t11-,12-,13-,14-,15-,16-,19-/m0/s1. The molecule has 4 rings (SSSR count). The van der Waals surface area contributed by atoms with Crippen molar-refractivity contribution in [1.82, 2.24) is 4.90 Å². The Morgan fingerprint density at radius 2 is 2.21 bits per heavy atom. The van der Waals surface area contributed by atoms with Gasteiger partial charge in [0.15, 0.2) is 0 Å². The summed E-state index contributed by atoms with van der Waals surface area (Å²) in [7, 11) is 0. The minimum Gasteiger partial charge on any atom is -0.481 e. The highest BCUT2D eigenvalue weighted by Crippen LogP contribution is 2.52. The van der Waals surface area contributed by atoms with E-state index in [0.717, 1.165) is 6.42 Å². The first-order chi connectivity index (χ1) is 11.3.